The normalized spacial score (nSPS) is 17.9. The standard InChI is InChI=1S/C18H20N4OS2/c1-19-18(23)17-7-6-16(25-17)14-3-2-10-22(14)11-12-4-5-15(24-12)13-8-9-20-21-13/h4-9,14H,2-3,10-11H2,1H3,(H,19,23)(H,20,21)/t14-/m0/s1. The second-order valence-corrected chi connectivity index (χ2v) is 8.43. The van der Waals surface area contributed by atoms with Crippen LogP contribution in [0.1, 0.15) is 38.3 Å². The highest BCUT2D eigenvalue weighted by atomic mass is 32.1. The predicted octanol–water partition coefficient (Wildman–Crippen LogP) is 3.90. The molecule has 1 amide bonds. The lowest BCUT2D eigenvalue weighted by atomic mass is 10.2. The maximum atomic E-state index is 11.8. The lowest BCUT2D eigenvalue weighted by molar-refractivity contribution is 0.0967. The van der Waals surface area contributed by atoms with Gasteiger partial charge in [-0.1, -0.05) is 0 Å². The summed E-state index contributed by atoms with van der Waals surface area (Å²) < 4.78 is 0. The fourth-order valence-electron chi connectivity index (χ4n) is 3.32. The van der Waals surface area contributed by atoms with Crippen LogP contribution in [-0.2, 0) is 6.54 Å². The highest BCUT2D eigenvalue weighted by Gasteiger charge is 2.28. The molecule has 25 heavy (non-hydrogen) atoms. The molecule has 0 spiro atoms. The number of amides is 1. The van der Waals surface area contributed by atoms with Crippen LogP contribution in [0, 0.1) is 0 Å². The number of nitrogens with zero attached hydrogens (tertiary/aromatic N) is 2. The molecule has 0 unspecified atom stereocenters. The molecule has 3 aromatic heterocycles. The number of nitrogens with one attached hydrogen (secondary N) is 2. The molecule has 3 aromatic rings. The Balaban J connectivity index is 1.48. The Bertz CT molecular complexity index is 852. The Labute approximate surface area is 154 Å². The molecule has 0 aromatic carbocycles. The van der Waals surface area contributed by atoms with Crippen molar-refractivity contribution in [3.63, 3.8) is 0 Å². The van der Waals surface area contributed by atoms with E-state index >= 15 is 0 Å². The van der Waals surface area contributed by atoms with Crippen molar-refractivity contribution in [2.24, 2.45) is 0 Å². The van der Waals surface area contributed by atoms with Gasteiger partial charge in [-0.25, -0.2) is 0 Å². The smallest absolute Gasteiger partial charge is 0.261 e. The molecule has 0 bridgehead atoms. The average Bonchev–Trinajstić information content (AvgIpc) is 3.38. The summed E-state index contributed by atoms with van der Waals surface area (Å²) in [4.78, 5) is 19.0. The second-order valence-electron chi connectivity index (χ2n) is 6.15. The number of carbonyl (C=O) groups is 1. The summed E-state index contributed by atoms with van der Waals surface area (Å²) >= 11 is 3.43. The summed E-state index contributed by atoms with van der Waals surface area (Å²) in [5.41, 5.74) is 1.07. The number of rotatable bonds is 5. The Morgan fingerprint density at radius 2 is 2.24 bits per heavy atom. The first-order chi connectivity index (χ1) is 12.2. The van der Waals surface area contributed by atoms with Crippen LogP contribution in [0.15, 0.2) is 36.5 Å². The third-order valence-electron chi connectivity index (χ3n) is 4.56. The van der Waals surface area contributed by atoms with Crippen LogP contribution >= 0.6 is 22.7 Å². The van der Waals surface area contributed by atoms with E-state index in [1.54, 1.807) is 24.6 Å². The lowest BCUT2D eigenvalue weighted by Crippen LogP contribution is -2.21. The van der Waals surface area contributed by atoms with Crippen molar-refractivity contribution in [3.8, 4) is 10.6 Å². The molecule has 0 saturated carbocycles. The molecule has 2 N–H and O–H groups in total. The summed E-state index contributed by atoms with van der Waals surface area (Å²) in [5.74, 6) is 0.00301. The van der Waals surface area contributed by atoms with Gasteiger partial charge in [-0.15, -0.1) is 22.7 Å². The first kappa shape index (κ1) is 16.5. The third kappa shape index (κ3) is 3.40. The number of hydrogen-bond acceptors (Lipinski definition) is 5. The van der Waals surface area contributed by atoms with Gasteiger partial charge in [-0.05, 0) is 49.7 Å². The van der Waals surface area contributed by atoms with Crippen molar-refractivity contribution in [2.75, 3.05) is 13.6 Å². The number of thiophene rings is 2. The Kier molecular flexibility index (Phi) is 4.70. The van der Waals surface area contributed by atoms with Gasteiger partial charge in [0.05, 0.1) is 15.4 Å². The minimum absolute atomic E-state index is 0.00301. The van der Waals surface area contributed by atoms with Crippen LogP contribution in [0.5, 0.6) is 0 Å². The zero-order valence-corrected chi connectivity index (χ0v) is 15.6. The summed E-state index contributed by atoms with van der Waals surface area (Å²) in [6, 6.07) is 10.8. The molecule has 4 heterocycles. The minimum Gasteiger partial charge on any atom is -0.354 e. The predicted molar refractivity (Wildman–Crippen MR) is 102 cm³/mol. The summed E-state index contributed by atoms with van der Waals surface area (Å²) in [6.45, 7) is 2.06. The van der Waals surface area contributed by atoms with Crippen molar-refractivity contribution in [2.45, 2.75) is 25.4 Å². The monoisotopic (exact) mass is 372 g/mol. The molecule has 1 aliphatic heterocycles. The zero-order chi connectivity index (χ0) is 17.2. The molecule has 0 radical (unpaired) electrons. The van der Waals surface area contributed by atoms with E-state index in [2.05, 4.69) is 38.6 Å². The first-order valence-electron chi connectivity index (χ1n) is 8.39. The van der Waals surface area contributed by atoms with E-state index in [-0.39, 0.29) is 5.91 Å². The van der Waals surface area contributed by atoms with Gasteiger partial charge in [0.1, 0.15) is 0 Å². The van der Waals surface area contributed by atoms with Crippen molar-refractivity contribution in [3.05, 3.63) is 51.2 Å². The molecule has 7 heteroatoms. The Hall–Kier alpha value is -1.96. The Morgan fingerprint density at radius 3 is 3.04 bits per heavy atom. The molecular weight excluding hydrogens is 352 g/mol. The molecular formula is C18H20N4OS2. The highest BCUT2D eigenvalue weighted by Crippen LogP contribution is 2.38. The maximum absolute atomic E-state index is 11.8. The number of likely N-dealkylation sites (tertiary alicyclic amines) is 1. The van der Waals surface area contributed by atoms with Gasteiger partial charge >= 0.3 is 0 Å². The van der Waals surface area contributed by atoms with Crippen LogP contribution < -0.4 is 5.32 Å². The number of aromatic amines is 1. The van der Waals surface area contributed by atoms with Crippen LogP contribution in [0.2, 0.25) is 0 Å². The zero-order valence-electron chi connectivity index (χ0n) is 14.0. The number of aromatic nitrogens is 2. The largest absolute Gasteiger partial charge is 0.354 e. The van der Waals surface area contributed by atoms with E-state index in [1.165, 1.54) is 21.1 Å². The van der Waals surface area contributed by atoms with Crippen molar-refractivity contribution in [1.29, 1.82) is 0 Å². The topological polar surface area (TPSA) is 61.0 Å². The van der Waals surface area contributed by atoms with Gasteiger partial charge < -0.3 is 5.32 Å². The van der Waals surface area contributed by atoms with Crippen molar-refractivity contribution >= 4 is 28.6 Å². The van der Waals surface area contributed by atoms with Gasteiger partial charge in [-0.3, -0.25) is 14.8 Å². The van der Waals surface area contributed by atoms with E-state index in [9.17, 15) is 4.79 Å². The quantitative estimate of drug-likeness (QED) is 0.714. The fraction of sp³-hybridized carbons (Fsp3) is 0.333. The molecule has 1 saturated heterocycles. The number of hydrogen-bond donors (Lipinski definition) is 2. The number of carbonyl (C=O) groups excluding carboxylic acids is 1. The summed E-state index contributed by atoms with van der Waals surface area (Å²) in [5, 5.41) is 9.75. The van der Waals surface area contributed by atoms with Crippen molar-refractivity contribution in [1.82, 2.24) is 20.4 Å². The summed E-state index contributed by atoms with van der Waals surface area (Å²) in [7, 11) is 1.68. The number of H-pyrrole nitrogens is 1. The highest BCUT2D eigenvalue weighted by molar-refractivity contribution is 7.15. The van der Waals surface area contributed by atoms with Gasteiger partial charge in [-0.2, -0.15) is 5.10 Å². The second kappa shape index (κ2) is 7.11. The lowest BCUT2D eigenvalue weighted by Gasteiger charge is -2.22. The van der Waals surface area contributed by atoms with Gasteiger partial charge in [0.15, 0.2) is 0 Å². The van der Waals surface area contributed by atoms with E-state index in [1.807, 2.05) is 23.5 Å². The maximum Gasteiger partial charge on any atom is 0.261 e. The fourth-order valence-corrected chi connectivity index (χ4v) is 5.45. The van der Waals surface area contributed by atoms with Gasteiger partial charge in [0.25, 0.3) is 5.91 Å². The minimum atomic E-state index is 0.00301. The molecule has 1 aliphatic rings. The van der Waals surface area contributed by atoms with Crippen LogP contribution in [0.3, 0.4) is 0 Å². The molecule has 5 nitrogen and oxygen atoms in total. The van der Waals surface area contributed by atoms with Crippen molar-refractivity contribution < 1.29 is 4.79 Å². The molecule has 130 valence electrons. The SMILES string of the molecule is CNC(=O)c1ccc([C@@H]2CCCN2Cc2ccc(-c3ccn[nH]3)s2)s1. The molecule has 0 aliphatic carbocycles. The van der Waals surface area contributed by atoms with E-state index in [0.717, 1.165) is 30.1 Å². The Morgan fingerprint density at radius 1 is 1.32 bits per heavy atom. The molecule has 4 rings (SSSR count). The van der Waals surface area contributed by atoms with Gasteiger partial charge in [0.2, 0.25) is 0 Å². The third-order valence-corrected chi connectivity index (χ3v) is 6.85. The van der Waals surface area contributed by atoms with E-state index in [0.29, 0.717) is 6.04 Å². The first-order valence-corrected chi connectivity index (χ1v) is 10.0. The van der Waals surface area contributed by atoms with E-state index in [4.69, 9.17) is 0 Å². The van der Waals surface area contributed by atoms with Gasteiger partial charge in [0, 0.05) is 35.6 Å². The molecule has 1 atom stereocenters. The molecule has 1 fully saturated rings. The summed E-state index contributed by atoms with van der Waals surface area (Å²) in [6.07, 6.45) is 4.15. The van der Waals surface area contributed by atoms with Crippen LogP contribution in [-0.4, -0.2) is 34.6 Å². The average molecular weight is 373 g/mol. The van der Waals surface area contributed by atoms with E-state index < -0.39 is 0 Å². The van der Waals surface area contributed by atoms with Crippen LogP contribution in [0.25, 0.3) is 10.6 Å². The van der Waals surface area contributed by atoms with Crippen LogP contribution in [0.4, 0.5) is 0 Å².